The minimum absolute atomic E-state index is 0.218. The molecule has 0 saturated carbocycles. The molecule has 2 nitrogen and oxygen atoms in total. The van der Waals surface area contributed by atoms with Gasteiger partial charge in [0.15, 0.2) is 0 Å². The third-order valence-corrected chi connectivity index (χ3v) is 2.50. The van der Waals surface area contributed by atoms with E-state index in [1.165, 1.54) is 0 Å². The van der Waals surface area contributed by atoms with Crippen LogP contribution in [0.15, 0.2) is 4.40 Å². The van der Waals surface area contributed by atoms with Gasteiger partial charge in [0.05, 0.1) is 4.75 Å². The van der Waals surface area contributed by atoms with Crippen LogP contribution < -0.4 is 0 Å². The van der Waals surface area contributed by atoms with Crippen molar-refractivity contribution in [1.82, 2.24) is 0 Å². The first-order valence-electron chi connectivity index (χ1n) is 3.93. The highest BCUT2D eigenvalue weighted by Crippen LogP contribution is 2.11. The van der Waals surface area contributed by atoms with Crippen molar-refractivity contribution in [1.29, 1.82) is 0 Å². The summed E-state index contributed by atoms with van der Waals surface area (Å²) in [6, 6.07) is 0. The zero-order valence-electron chi connectivity index (χ0n) is 7.76. The molecule has 0 spiro atoms. The lowest BCUT2D eigenvalue weighted by atomic mass is 10.3. The number of hydrogen-bond donors (Lipinski definition) is 0. The Morgan fingerprint density at radius 3 is 2.36 bits per heavy atom. The largest absolute Gasteiger partial charge is 0.234 e. The Morgan fingerprint density at radius 2 is 2.00 bits per heavy atom. The number of hydrogen-bond acceptors (Lipinski definition) is 1. The second-order valence-corrected chi connectivity index (χ2v) is 5.37. The molecule has 0 aliphatic heterocycles. The molecular weight excluding hydrogens is 158 g/mol. The van der Waals surface area contributed by atoms with Crippen molar-refractivity contribution in [2.24, 2.45) is 4.40 Å². The topological polar surface area (TPSA) is 29.4 Å². The lowest BCUT2D eigenvalue weighted by Crippen LogP contribution is -2.19. The highest BCUT2D eigenvalue weighted by molar-refractivity contribution is 7.85. The monoisotopic (exact) mass is 175 g/mol. The Labute approximate surface area is 71.7 Å². The molecule has 0 unspecified atom stereocenters. The minimum atomic E-state index is -1.07. The van der Waals surface area contributed by atoms with Crippen LogP contribution in [0.5, 0.6) is 0 Å². The molecule has 0 aromatic carbocycles. The van der Waals surface area contributed by atoms with Gasteiger partial charge >= 0.3 is 0 Å². The third kappa shape index (κ3) is 5.13. The first-order chi connectivity index (χ1) is 4.98. The lowest BCUT2D eigenvalue weighted by molar-refractivity contribution is 0.650. The second kappa shape index (κ2) is 4.65. The van der Waals surface area contributed by atoms with Crippen molar-refractivity contribution < 1.29 is 4.21 Å². The molecular formula is C8H17NOS. The average molecular weight is 175 g/mol. The fraction of sp³-hybridized carbons (Fsp3) is 0.875. The van der Waals surface area contributed by atoms with Crippen LogP contribution in [-0.4, -0.2) is 15.2 Å². The third-order valence-electron chi connectivity index (χ3n) is 1.11. The molecule has 0 aliphatic carbocycles. The van der Waals surface area contributed by atoms with Crippen LogP contribution in [0.1, 0.15) is 40.5 Å². The van der Waals surface area contributed by atoms with Crippen molar-refractivity contribution in [2.75, 3.05) is 0 Å². The van der Waals surface area contributed by atoms with Crippen LogP contribution in [0.25, 0.3) is 0 Å². The fourth-order valence-corrected chi connectivity index (χ4v) is 0.965. The van der Waals surface area contributed by atoms with E-state index in [0.717, 1.165) is 12.8 Å². The zero-order chi connectivity index (χ0) is 8.91. The predicted octanol–water partition coefficient (Wildman–Crippen LogP) is 2.32. The summed E-state index contributed by atoms with van der Waals surface area (Å²) in [5, 5.41) is 0. The van der Waals surface area contributed by atoms with E-state index in [2.05, 4.69) is 11.3 Å². The molecule has 0 saturated heterocycles. The standard InChI is InChI=1S/C8H17NOS/c1-5-6-7-9-11(10)8(2,3)4/h7H,5-6H2,1-4H3/b9-7+/t11-/m0/s1. The van der Waals surface area contributed by atoms with Gasteiger partial charge in [-0.3, -0.25) is 0 Å². The van der Waals surface area contributed by atoms with Gasteiger partial charge in [0.2, 0.25) is 0 Å². The van der Waals surface area contributed by atoms with Crippen LogP contribution in [-0.2, 0) is 11.0 Å². The zero-order valence-corrected chi connectivity index (χ0v) is 8.57. The first-order valence-corrected chi connectivity index (χ1v) is 5.03. The molecule has 0 amide bonds. The Hall–Kier alpha value is -0.180. The smallest absolute Gasteiger partial charge is 0.144 e. The van der Waals surface area contributed by atoms with E-state index in [1.54, 1.807) is 6.21 Å². The summed E-state index contributed by atoms with van der Waals surface area (Å²) >= 11 is 0. The molecule has 0 aromatic heterocycles. The van der Waals surface area contributed by atoms with Gasteiger partial charge in [-0.2, -0.15) is 4.40 Å². The fourth-order valence-electron chi connectivity index (χ4n) is 0.408. The van der Waals surface area contributed by atoms with E-state index in [1.807, 2.05) is 20.8 Å². The maximum Gasteiger partial charge on any atom is 0.144 e. The van der Waals surface area contributed by atoms with Crippen molar-refractivity contribution in [3.8, 4) is 0 Å². The molecule has 0 bridgehead atoms. The second-order valence-electron chi connectivity index (χ2n) is 3.44. The van der Waals surface area contributed by atoms with Crippen molar-refractivity contribution >= 4 is 17.2 Å². The number of rotatable bonds is 3. The van der Waals surface area contributed by atoms with Crippen LogP contribution >= 0.6 is 0 Å². The van der Waals surface area contributed by atoms with Crippen LogP contribution in [0.2, 0.25) is 0 Å². The van der Waals surface area contributed by atoms with Crippen molar-refractivity contribution in [3.05, 3.63) is 0 Å². The summed E-state index contributed by atoms with van der Waals surface area (Å²) in [7, 11) is -1.07. The maximum atomic E-state index is 11.3. The lowest BCUT2D eigenvalue weighted by Gasteiger charge is -2.12. The Balaban J connectivity index is 3.88. The Morgan fingerprint density at radius 1 is 1.45 bits per heavy atom. The maximum absolute atomic E-state index is 11.3. The van der Waals surface area contributed by atoms with E-state index in [-0.39, 0.29) is 4.75 Å². The molecule has 0 N–H and O–H groups in total. The normalized spacial score (nSPS) is 15.6. The van der Waals surface area contributed by atoms with Crippen molar-refractivity contribution in [2.45, 2.75) is 45.3 Å². The van der Waals surface area contributed by atoms with E-state index in [0.29, 0.717) is 0 Å². The summed E-state index contributed by atoms with van der Waals surface area (Å²) < 4.78 is 15.0. The van der Waals surface area contributed by atoms with Gasteiger partial charge in [0, 0.05) is 6.21 Å². The SMILES string of the molecule is CCC/C=N/[S@@](=O)C(C)(C)C. The molecule has 0 radical (unpaired) electrons. The van der Waals surface area contributed by atoms with Gasteiger partial charge in [-0.25, -0.2) is 4.21 Å². The number of nitrogens with zero attached hydrogens (tertiary/aromatic N) is 1. The molecule has 0 aliphatic rings. The summed E-state index contributed by atoms with van der Waals surface area (Å²) in [5.74, 6) is 0. The van der Waals surface area contributed by atoms with E-state index in [4.69, 9.17) is 0 Å². The van der Waals surface area contributed by atoms with Gasteiger partial charge in [-0.1, -0.05) is 13.3 Å². The minimum Gasteiger partial charge on any atom is -0.234 e. The number of unbranched alkanes of at least 4 members (excludes halogenated alkanes) is 1. The van der Waals surface area contributed by atoms with Gasteiger partial charge in [-0.15, -0.1) is 0 Å². The highest BCUT2D eigenvalue weighted by Gasteiger charge is 2.17. The Bertz CT molecular complexity index is 158. The summed E-state index contributed by atoms with van der Waals surface area (Å²) in [5.41, 5.74) is 0. The molecule has 3 heteroatoms. The first kappa shape index (κ1) is 10.8. The van der Waals surface area contributed by atoms with E-state index < -0.39 is 11.0 Å². The van der Waals surface area contributed by atoms with Gasteiger partial charge in [-0.05, 0) is 27.2 Å². The van der Waals surface area contributed by atoms with Crippen LogP contribution in [0.4, 0.5) is 0 Å². The molecule has 1 atom stereocenters. The van der Waals surface area contributed by atoms with E-state index in [9.17, 15) is 4.21 Å². The average Bonchev–Trinajstić information content (AvgIpc) is 1.86. The van der Waals surface area contributed by atoms with Gasteiger partial charge < -0.3 is 0 Å². The van der Waals surface area contributed by atoms with E-state index >= 15 is 0 Å². The highest BCUT2D eigenvalue weighted by atomic mass is 32.2. The Kier molecular flexibility index (Phi) is 4.57. The summed E-state index contributed by atoms with van der Waals surface area (Å²) in [4.78, 5) is 0. The quantitative estimate of drug-likeness (QED) is 0.605. The van der Waals surface area contributed by atoms with Crippen molar-refractivity contribution in [3.63, 3.8) is 0 Å². The van der Waals surface area contributed by atoms with Crippen LogP contribution in [0, 0.1) is 0 Å². The van der Waals surface area contributed by atoms with Crippen LogP contribution in [0.3, 0.4) is 0 Å². The molecule has 0 rings (SSSR count). The molecule has 0 heterocycles. The molecule has 66 valence electrons. The van der Waals surface area contributed by atoms with Gasteiger partial charge in [0.1, 0.15) is 11.0 Å². The molecule has 11 heavy (non-hydrogen) atoms. The molecule has 0 fully saturated rings. The van der Waals surface area contributed by atoms with Gasteiger partial charge in [0.25, 0.3) is 0 Å². The molecule has 0 aromatic rings. The summed E-state index contributed by atoms with van der Waals surface area (Å²) in [6.07, 6.45) is 3.73. The summed E-state index contributed by atoms with van der Waals surface area (Å²) in [6.45, 7) is 7.84. The predicted molar refractivity (Wildman–Crippen MR) is 51.3 cm³/mol.